The van der Waals surface area contributed by atoms with Crippen molar-refractivity contribution in [1.82, 2.24) is 10.3 Å². The summed E-state index contributed by atoms with van der Waals surface area (Å²) in [6.07, 6.45) is 3.47. The van der Waals surface area contributed by atoms with E-state index < -0.39 is 17.3 Å². The number of hydrogen-bond donors (Lipinski definition) is 1. The number of anilines is 2. The normalized spacial score (nSPS) is 16.4. The smallest absolute Gasteiger partial charge is 0.272 e. The number of benzene rings is 1. The van der Waals surface area contributed by atoms with E-state index in [0.717, 1.165) is 11.3 Å². The number of carbonyl (C=O) groups excluding carboxylic acids is 2. The summed E-state index contributed by atoms with van der Waals surface area (Å²) in [5.74, 6) is -1.13. The zero-order valence-electron chi connectivity index (χ0n) is 18.7. The highest BCUT2D eigenvalue weighted by atomic mass is 32.1. The van der Waals surface area contributed by atoms with Crippen LogP contribution in [0, 0.1) is 19.3 Å². The molecule has 5 rings (SSSR count). The summed E-state index contributed by atoms with van der Waals surface area (Å²) in [5, 5.41) is 4.86. The number of halogens is 1. The third-order valence-corrected chi connectivity index (χ3v) is 7.69. The molecule has 2 aromatic heterocycles. The third kappa shape index (κ3) is 3.77. The average Bonchev–Trinajstić information content (AvgIpc) is 3.41. The molecule has 3 aromatic rings. The average molecular weight is 506 g/mol. The van der Waals surface area contributed by atoms with Gasteiger partial charge in [-0.25, -0.2) is 4.39 Å². The number of aromatic nitrogens is 1. The van der Waals surface area contributed by atoms with Gasteiger partial charge in [-0.05, 0) is 79.7 Å². The van der Waals surface area contributed by atoms with Gasteiger partial charge in [0.15, 0.2) is 5.11 Å². The monoisotopic (exact) mass is 505 g/mol. The summed E-state index contributed by atoms with van der Waals surface area (Å²) < 4.78 is 15.1. The van der Waals surface area contributed by atoms with Gasteiger partial charge in [-0.2, -0.15) is 0 Å². The molecule has 10 heteroatoms. The Kier molecular flexibility index (Phi) is 5.83. The standard InChI is InChI=1S/C25H20FN5O2S2/c1-15-11-17(13-28-21(15)27-2)30-23(33)25(8-4-9-25)31(24(30)34)16-6-7-19(20(26)12-16)22(32)29-14-18-5-3-10-35-18/h3,5-7,10-13H,4,8-9,14H2,1H3,(H,29,32). The minimum absolute atomic E-state index is 0.0733. The van der Waals surface area contributed by atoms with Gasteiger partial charge in [-0.15, -0.1) is 16.3 Å². The number of pyridine rings is 1. The summed E-state index contributed by atoms with van der Waals surface area (Å²) in [6.45, 7) is 9.28. The van der Waals surface area contributed by atoms with Gasteiger partial charge in [-0.1, -0.05) is 12.6 Å². The molecule has 1 aliphatic heterocycles. The van der Waals surface area contributed by atoms with E-state index in [9.17, 15) is 9.59 Å². The van der Waals surface area contributed by atoms with Crippen LogP contribution in [-0.4, -0.2) is 27.4 Å². The van der Waals surface area contributed by atoms with E-state index in [1.165, 1.54) is 34.6 Å². The first-order chi connectivity index (χ1) is 16.9. The quantitative estimate of drug-likeness (QED) is 0.385. The Morgan fingerprint density at radius 3 is 2.71 bits per heavy atom. The van der Waals surface area contributed by atoms with Crippen molar-refractivity contribution in [2.75, 3.05) is 9.80 Å². The van der Waals surface area contributed by atoms with Gasteiger partial charge in [0.05, 0.1) is 17.8 Å². The second-order valence-electron chi connectivity index (χ2n) is 8.52. The molecule has 35 heavy (non-hydrogen) atoms. The Balaban J connectivity index is 1.44. The highest BCUT2D eigenvalue weighted by Gasteiger charge is 2.59. The van der Waals surface area contributed by atoms with Crippen molar-refractivity contribution in [3.8, 4) is 0 Å². The highest BCUT2D eigenvalue weighted by Crippen LogP contribution is 2.48. The van der Waals surface area contributed by atoms with Gasteiger partial charge in [0.1, 0.15) is 17.6 Å². The van der Waals surface area contributed by atoms with Gasteiger partial charge >= 0.3 is 0 Å². The molecule has 1 aliphatic carbocycles. The zero-order chi connectivity index (χ0) is 24.7. The van der Waals surface area contributed by atoms with Crippen LogP contribution in [0.25, 0.3) is 4.85 Å². The van der Waals surface area contributed by atoms with E-state index in [-0.39, 0.29) is 22.4 Å². The lowest BCUT2D eigenvalue weighted by Crippen LogP contribution is -2.55. The van der Waals surface area contributed by atoms with Crippen molar-refractivity contribution in [3.05, 3.63) is 81.2 Å². The van der Waals surface area contributed by atoms with Crippen molar-refractivity contribution < 1.29 is 14.0 Å². The number of hydrogen-bond acceptors (Lipinski definition) is 5. The van der Waals surface area contributed by atoms with Crippen molar-refractivity contribution in [2.45, 2.75) is 38.3 Å². The fourth-order valence-electron chi connectivity index (χ4n) is 4.50. The minimum atomic E-state index is -0.890. The topological polar surface area (TPSA) is 69.9 Å². The number of nitrogens with one attached hydrogen (secondary N) is 1. The molecule has 0 bridgehead atoms. The summed E-state index contributed by atoms with van der Waals surface area (Å²) >= 11 is 7.22. The summed E-state index contributed by atoms with van der Waals surface area (Å²) in [4.78, 5) is 37.7. The van der Waals surface area contributed by atoms with Crippen LogP contribution in [0.2, 0.25) is 0 Å². The summed E-state index contributed by atoms with van der Waals surface area (Å²) in [7, 11) is 0. The number of thiophene rings is 1. The van der Waals surface area contributed by atoms with Crippen LogP contribution in [0.1, 0.15) is 40.1 Å². The van der Waals surface area contributed by atoms with Gasteiger partial charge < -0.3 is 15.1 Å². The number of thiocarbonyl (C=S) groups is 1. The second-order valence-corrected chi connectivity index (χ2v) is 9.91. The van der Waals surface area contributed by atoms with Crippen LogP contribution in [0.5, 0.6) is 0 Å². The van der Waals surface area contributed by atoms with E-state index in [1.54, 1.807) is 24.0 Å². The van der Waals surface area contributed by atoms with E-state index in [2.05, 4.69) is 15.1 Å². The maximum absolute atomic E-state index is 15.1. The first kappa shape index (κ1) is 23.1. The Labute approximate surface area is 211 Å². The third-order valence-electron chi connectivity index (χ3n) is 6.45. The predicted molar refractivity (Wildman–Crippen MR) is 136 cm³/mol. The molecule has 1 saturated heterocycles. The van der Waals surface area contributed by atoms with Crippen LogP contribution in [0.3, 0.4) is 0 Å². The van der Waals surface area contributed by atoms with Crippen molar-refractivity contribution in [1.29, 1.82) is 0 Å². The number of carbonyl (C=O) groups is 2. The van der Waals surface area contributed by atoms with Crippen molar-refractivity contribution >= 4 is 57.7 Å². The van der Waals surface area contributed by atoms with E-state index >= 15 is 4.39 Å². The molecule has 0 radical (unpaired) electrons. The molecule has 7 nitrogen and oxygen atoms in total. The Bertz CT molecular complexity index is 1400. The van der Waals surface area contributed by atoms with Crippen LogP contribution < -0.4 is 15.1 Å². The highest BCUT2D eigenvalue weighted by molar-refractivity contribution is 7.81. The molecule has 1 saturated carbocycles. The lowest BCUT2D eigenvalue weighted by molar-refractivity contribution is -0.123. The first-order valence-corrected chi connectivity index (χ1v) is 12.3. The van der Waals surface area contributed by atoms with Gasteiger partial charge in [0.2, 0.25) is 0 Å². The van der Waals surface area contributed by atoms with Crippen LogP contribution in [0.15, 0.2) is 48.0 Å². The van der Waals surface area contributed by atoms with Gasteiger partial charge in [-0.3, -0.25) is 14.5 Å². The maximum atomic E-state index is 15.1. The largest absolute Gasteiger partial charge is 0.360 e. The number of amides is 2. The lowest BCUT2D eigenvalue weighted by atomic mass is 9.75. The van der Waals surface area contributed by atoms with Crippen LogP contribution in [-0.2, 0) is 11.3 Å². The molecular formula is C25H20FN5O2S2. The predicted octanol–water partition coefficient (Wildman–Crippen LogP) is 5.13. The number of nitrogens with zero attached hydrogens (tertiary/aromatic N) is 4. The van der Waals surface area contributed by atoms with Crippen molar-refractivity contribution in [2.24, 2.45) is 0 Å². The van der Waals surface area contributed by atoms with Crippen LogP contribution in [0.4, 0.5) is 21.6 Å². The molecule has 2 aliphatic rings. The molecule has 1 spiro atoms. The molecule has 1 aromatic carbocycles. The number of rotatable bonds is 5. The Hall–Kier alpha value is -3.68. The lowest BCUT2D eigenvalue weighted by Gasteiger charge is -2.43. The molecule has 2 fully saturated rings. The minimum Gasteiger partial charge on any atom is -0.360 e. The van der Waals surface area contributed by atoms with Crippen LogP contribution >= 0.6 is 23.6 Å². The van der Waals surface area contributed by atoms with E-state index in [1.807, 2.05) is 17.5 Å². The van der Waals surface area contributed by atoms with E-state index in [0.29, 0.717) is 36.3 Å². The summed E-state index contributed by atoms with van der Waals surface area (Å²) in [6, 6.07) is 9.80. The molecular weight excluding hydrogens is 485 g/mol. The fourth-order valence-corrected chi connectivity index (χ4v) is 5.62. The molecule has 2 amide bonds. The Morgan fingerprint density at radius 1 is 1.31 bits per heavy atom. The van der Waals surface area contributed by atoms with Crippen molar-refractivity contribution in [3.63, 3.8) is 0 Å². The molecule has 1 N–H and O–H groups in total. The summed E-state index contributed by atoms with van der Waals surface area (Å²) in [5.41, 5.74) is 0.566. The van der Waals surface area contributed by atoms with Gasteiger partial charge in [0, 0.05) is 10.6 Å². The maximum Gasteiger partial charge on any atom is 0.272 e. The Morgan fingerprint density at radius 2 is 2.11 bits per heavy atom. The molecule has 3 heterocycles. The van der Waals surface area contributed by atoms with Gasteiger partial charge in [0.25, 0.3) is 17.6 Å². The second kappa shape index (κ2) is 8.83. The molecule has 176 valence electrons. The fraction of sp³-hybridized carbons (Fsp3) is 0.240. The molecule has 0 atom stereocenters. The van der Waals surface area contributed by atoms with E-state index in [4.69, 9.17) is 18.8 Å². The molecule has 0 unspecified atom stereocenters. The number of aryl methyl sites for hydroxylation is 1. The SMILES string of the molecule is [C-]#[N+]c1ncc(N2C(=O)C3(CCC3)N(c3ccc(C(=O)NCc4cccs4)c(F)c3)C2=S)cc1C. The first-order valence-electron chi connectivity index (χ1n) is 11.0. The zero-order valence-corrected chi connectivity index (χ0v) is 20.4.